The smallest absolute Gasteiger partial charge is 0.279 e. The van der Waals surface area contributed by atoms with E-state index in [0.29, 0.717) is 33.9 Å². The lowest BCUT2D eigenvalue weighted by Crippen LogP contribution is -2.44. The van der Waals surface area contributed by atoms with Crippen LogP contribution in [0.25, 0.3) is 16.5 Å². The van der Waals surface area contributed by atoms with Gasteiger partial charge in [-0.05, 0) is 47.5 Å². The van der Waals surface area contributed by atoms with Gasteiger partial charge in [-0.2, -0.15) is 9.78 Å². The maximum Gasteiger partial charge on any atom is 0.279 e. The fraction of sp³-hybridized carbons (Fsp3) is 0.211. The fourth-order valence-corrected chi connectivity index (χ4v) is 6.35. The molecule has 0 saturated heterocycles. The lowest BCUT2D eigenvalue weighted by Gasteiger charge is -2.28. The third kappa shape index (κ3) is 6.40. The Morgan fingerprint density at radius 2 is 1.73 bits per heavy atom. The summed E-state index contributed by atoms with van der Waals surface area (Å²) in [7, 11) is 0. The van der Waals surface area contributed by atoms with Crippen molar-refractivity contribution in [1.82, 2.24) is 14.7 Å². The van der Waals surface area contributed by atoms with Crippen LogP contribution in [0.2, 0.25) is 5.02 Å². The number of aromatic nitrogens is 2. The van der Waals surface area contributed by atoms with Gasteiger partial charge in [-0.3, -0.25) is 14.4 Å². The molecule has 0 spiro atoms. The lowest BCUT2D eigenvalue weighted by atomic mass is 9.83. The number of carbonyl (C=O) groups is 2. The van der Waals surface area contributed by atoms with Gasteiger partial charge in [0.2, 0.25) is 5.91 Å². The first kappa shape index (κ1) is 32.8. The van der Waals surface area contributed by atoms with Crippen LogP contribution in [-0.4, -0.2) is 49.9 Å². The summed E-state index contributed by atoms with van der Waals surface area (Å²) >= 11 is 6.36. The second-order valence-electron chi connectivity index (χ2n) is 11.9. The molecule has 10 heteroatoms. The summed E-state index contributed by atoms with van der Waals surface area (Å²) in [4.78, 5) is 43.5. The van der Waals surface area contributed by atoms with Crippen molar-refractivity contribution in [2.45, 2.75) is 32.0 Å². The molecule has 9 nitrogen and oxygen atoms in total. The number of fused-ring (bicyclic) bond motifs is 2. The molecule has 0 radical (unpaired) electrons. The van der Waals surface area contributed by atoms with Crippen LogP contribution >= 0.6 is 11.6 Å². The van der Waals surface area contributed by atoms with Crippen molar-refractivity contribution >= 4 is 39.9 Å². The standard InChI is InChI=1S/C38H35ClN4O5/c1-26(9-7-16-35(45)41(19-20-44)24-27-10-3-2-4-11-27)38(48)33-22-30(39)17-18-34(33)42(37(38)47)25-28-12-8-14-31(21-28)43-36(46)32-15-6-5-13-29(32)23-40-43/h2-15,17-18,21-23,26,44,48H,16,19-20,24-25H2,1H3/b9-7+/t26-,38+/m1/s1. The number of hydrogen-bond acceptors (Lipinski definition) is 6. The van der Waals surface area contributed by atoms with E-state index in [0.717, 1.165) is 16.5 Å². The molecule has 1 aromatic heterocycles. The number of carbonyl (C=O) groups excluding carboxylic acids is 2. The molecule has 2 heterocycles. The summed E-state index contributed by atoms with van der Waals surface area (Å²) < 4.78 is 1.33. The number of rotatable bonds is 11. The molecule has 0 unspecified atom stereocenters. The molecule has 48 heavy (non-hydrogen) atoms. The number of nitrogens with zero attached hydrogens (tertiary/aromatic N) is 4. The first-order valence-corrected chi connectivity index (χ1v) is 16.1. The number of anilines is 1. The molecular weight excluding hydrogens is 628 g/mol. The van der Waals surface area contributed by atoms with Crippen molar-refractivity contribution in [3.8, 4) is 5.69 Å². The van der Waals surface area contributed by atoms with Crippen LogP contribution in [0.15, 0.2) is 120 Å². The normalized spacial score (nSPS) is 16.4. The molecule has 0 fully saturated rings. The minimum atomic E-state index is -1.94. The molecule has 6 rings (SSSR count). The van der Waals surface area contributed by atoms with Crippen molar-refractivity contribution in [1.29, 1.82) is 0 Å². The van der Waals surface area contributed by atoms with Crippen molar-refractivity contribution in [3.05, 3.63) is 147 Å². The summed E-state index contributed by atoms with van der Waals surface area (Å²) in [5.74, 6) is -1.43. The van der Waals surface area contributed by atoms with E-state index >= 15 is 0 Å². The van der Waals surface area contributed by atoms with Gasteiger partial charge in [-0.25, -0.2) is 0 Å². The van der Waals surface area contributed by atoms with E-state index < -0.39 is 17.4 Å². The highest BCUT2D eigenvalue weighted by Crippen LogP contribution is 2.46. The Kier molecular flexibility index (Phi) is 9.54. The van der Waals surface area contributed by atoms with Gasteiger partial charge in [0.1, 0.15) is 0 Å². The predicted octanol–water partition coefficient (Wildman–Crippen LogP) is 5.38. The molecule has 0 aliphatic carbocycles. The van der Waals surface area contributed by atoms with Gasteiger partial charge in [-0.1, -0.05) is 91.3 Å². The Hall–Kier alpha value is -5.09. The summed E-state index contributed by atoms with van der Waals surface area (Å²) in [6, 6.07) is 29.0. The third-order valence-electron chi connectivity index (χ3n) is 8.74. The Morgan fingerprint density at radius 1 is 0.979 bits per heavy atom. The topological polar surface area (TPSA) is 116 Å². The molecule has 244 valence electrons. The zero-order valence-electron chi connectivity index (χ0n) is 26.4. The van der Waals surface area contributed by atoms with Gasteiger partial charge < -0.3 is 20.0 Å². The van der Waals surface area contributed by atoms with Crippen molar-refractivity contribution in [3.63, 3.8) is 0 Å². The van der Waals surface area contributed by atoms with E-state index in [1.165, 1.54) is 9.58 Å². The zero-order chi connectivity index (χ0) is 33.8. The predicted molar refractivity (Wildman–Crippen MR) is 186 cm³/mol. The van der Waals surface area contributed by atoms with Gasteiger partial charge in [0, 0.05) is 41.4 Å². The Balaban J connectivity index is 1.23. The second-order valence-corrected chi connectivity index (χ2v) is 12.3. The van der Waals surface area contributed by atoms with E-state index in [2.05, 4.69) is 5.10 Å². The number of halogens is 1. The molecule has 2 atom stereocenters. The van der Waals surface area contributed by atoms with Gasteiger partial charge in [0.15, 0.2) is 5.60 Å². The average molecular weight is 663 g/mol. The van der Waals surface area contributed by atoms with Crippen LogP contribution in [-0.2, 0) is 28.3 Å². The summed E-state index contributed by atoms with van der Waals surface area (Å²) in [6.45, 7) is 2.23. The van der Waals surface area contributed by atoms with Crippen LogP contribution < -0.4 is 10.5 Å². The number of benzene rings is 4. The van der Waals surface area contributed by atoms with E-state index in [-0.39, 0.29) is 37.6 Å². The molecule has 1 aliphatic heterocycles. The molecule has 2 N–H and O–H groups in total. The van der Waals surface area contributed by atoms with E-state index in [4.69, 9.17) is 11.6 Å². The number of aliphatic hydroxyl groups is 2. The largest absolute Gasteiger partial charge is 0.395 e. The monoisotopic (exact) mass is 662 g/mol. The van der Waals surface area contributed by atoms with Gasteiger partial charge in [0.05, 0.1) is 36.1 Å². The van der Waals surface area contributed by atoms with E-state index in [1.807, 2.05) is 48.5 Å². The van der Waals surface area contributed by atoms with Gasteiger partial charge in [0.25, 0.3) is 11.5 Å². The average Bonchev–Trinajstić information content (AvgIpc) is 3.30. The fourth-order valence-electron chi connectivity index (χ4n) is 6.18. The highest BCUT2D eigenvalue weighted by molar-refractivity contribution is 6.31. The first-order valence-electron chi connectivity index (χ1n) is 15.7. The highest BCUT2D eigenvalue weighted by Gasteiger charge is 2.52. The maximum atomic E-state index is 14.1. The number of aliphatic hydroxyl groups excluding tert-OH is 1. The molecular formula is C38H35ClN4O5. The van der Waals surface area contributed by atoms with Crippen LogP contribution in [0, 0.1) is 5.92 Å². The summed E-state index contributed by atoms with van der Waals surface area (Å²) in [6.07, 6.45) is 4.99. The van der Waals surface area contributed by atoms with E-state index in [9.17, 15) is 24.6 Å². The molecule has 4 aromatic carbocycles. The van der Waals surface area contributed by atoms with Crippen LogP contribution in [0.4, 0.5) is 5.69 Å². The third-order valence-corrected chi connectivity index (χ3v) is 8.97. The SMILES string of the molecule is C[C@H](/C=C/CC(=O)N(CCO)Cc1ccccc1)[C@@]1(O)C(=O)N(Cc2cccc(-n3ncc4ccccc4c3=O)c2)c2ccc(Cl)cc21. The first-order chi connectivity index (χ1) is 23.2. The zero-order valence-corrected chi connectivity index (χ0v) is 27.1. The van der Waals surface area contributed by atoms with Crippen LogP contribution in [0.5, 0.6) is 0 Å². The number of hydrogen-bond donors (Lipinski definition) is 2. The van der Waals surface area contributed by atoms with Crippen molar-refractivity contribution in [2.24, 2.45) is 5.92 Å². The number of amides is 2. The maximum absolute atomic E-state index is 14.1. The van der Waals surface area contributed by atoms with Crippen LogP contribution in [0.1, 0.15) is 30.0 Å². The Labute approximate surface area is 282 Å². The Morgan fingerprint density at radius 3 is 2.52 bits per heavy atom. The molecule has 0 bridgehead atoms. The van der Waals surface area contributed by atoms with Crippen molar-refractivity contribution in [2.75, 3.05) is 18.1 Å². The minimum absolute atomic E-state index is 0.0303. The quantitative estimate of drug-likeness (QED) is 0.184. The van der Waals surface area contributed by atoms with Gasteiger partial charge >= 0.3 is 0 Å². The summed E-state index contributed by atoms with van der Waals surface area (Å²) in [5.41, 5.74) is 0.916. The van der Waals surface area contributed by atoms with Crippen molar-refractivity contribution < 1.29 is 19.8 Å². The highest BCUT2D eigenvalue weighted by atomic mass is 35.5. The molecule has 2 amide bonds. The van der Waals surface area contributed by atoms with Gasteiger partial charge in [-0.15, -0.1) is 0 Å². The second kappa shape index (κ2) is 13.9. The molecule has 1 aliphatic rings. The lowest BCUT2D eigenvalue weighted by molar-refractivity contribution is -0.139. The minimum Gasteiger partial charge on any atom is -0.395 e. The summed E-state index contributed by atoms with van der Waals surface area (Å²) in [5, 5.41) is 27.7. The Bertz CT molecular complexity index is 2060. The van der Waals surface area contributed by atoms with Crippen LogP contribution in [0.3, 0.4) is 0 Å². The molecule has 0 saturated carbocycles. The molecule has 5 aromatic rings. The van der Waals surface area contributed by atoms with E-state index in [1.54, 1.807) is 78.7 Å².